The Labute approximate surface area is 134 Å². The third-order valence-corrected chi connectivity index (χ3v) is 3.64. The maximum Gasteiger partial charge on any atom is 0.223 e. The van der Waals surface area contributed by atoms with E-state index < -0.39 is 0 Å². The van der Waals surface area contributed by atoms with Gasteiger partial charge in [-0.2, -0.15) is 0 Å². The molecule has 0 aliphatic carbocycles. The molecule has 23 heavy (non-hydrogen) atoms. The van der Waals surface area contributed by atoms with Crippen molar-refractivity contribution in [3.8, 4) is 11.3 Å². The predicted molar refractivity (Wildman–Crippen MR) is 87.8 cm³/mol. The van der Waals surface area contributed by atoms with Crippen LogP contribution in [0, 0.1) is 13.8 Å². The largest absolute Gasteiger partial charge is 0.344 e. The van der Waals surface area contributed by atoms with E-state index >= 15 is 0 Å². The predicted octanol–water partition coefficient (Wildman–Crippen LogP) is 2.46. The number of aryl methyl sites for hydroxylation is 3. The zero-order valence-corrected chi connectivity index (χ0v) is 13.6. The molecule has 1 atom stereocenters. The molecule has 1 unspecified atom stereocenters. The van der Waals surface area contributed by atoms with Crippen molar-refractivity contribution >= 4 is 5.95 Å². The van der Waals surface area contributed by atoms with E-state index in [2.05, 4.69) is 30.5 Å². The maximum absolute atomic E-state index is 4.59. The lowest BCUT2D eigenvalue weighted by Gasteiger charge is -2.13. The van der Waals surface area contributed by atoms with Crippen molar-refractivity contribution in [1.29, 1.82) is 0 Å². The summed E-state index contributed by atoms with van der Waals surface area (Å²) in [4.78, 5) is 13.4. The van der Waals surface area contributed by atoms with Crippen LogP contribution in [0.25, 0.3) is 11.3 Å². The Morgan fingerprint density at radius 1 is 1.13 bits per heavy atom. The number of pyridine rings is 1. The normalized spacial score (nSPS) is 12.2. The molecule has 0 aliphatic rings. The number of hydrogen-bond acceptors (Lipinski definition) is 6. The second-order valence-corrected chi connectivity index (χ2v) is 5.52. The first-order chi connectivity index (χ1) is 11.0. The Morgan fingerprint density at radius 2 is 1.96 bits per heavy atom. The Kier molecular flexibility index (Phi) is 4.01. The van der Waals surface area contributed by atoms with E-state index in [1.54, 1.807) is 12.5 Å². The van der Waals surface area contributed by atoms with Gasteiger partial charge in [0.25, 0.3) is 0 Å². The molecular weight excluding hydrogens is 290 g/mol. The van der Waals surface area contributed by atoms with Gasteiger partial charge in [-0.3, -0.25) is 4.98 Å². The fourth-order valence-electron chi connectivity index (χ4n) is 2.48. The van der Waals surface area contributed by atoms with Crippen LogP contribution in [-0.2, 0) is 7.05 Å². The minimum Gasteiger partial charge on any atom is -0.344 e. The van der Waals surface area contributed by atoms with Gasteiger partial charge in [0.2, 0.25) is 5.95 Å². The summed E-state index contributed by atoms with van der Waals surface area (Å²) in [6, 6.07) is 5.86. The molecule has 0 amide bonds. The summed E-state index contributed by atoms with van der Waals surface area (Å²) < 4.78 is 1.87. The van der Waals surface area contributed by atoms with Gasteiger partial charge in [-0.25, -0.2) is 9.97 Å². The van der Waals surface area contributed by atoms with Gasteiger partial charge in [0, 0.05) is 30.2 Å². The minimum absolute atomic E-state index is 0.0463. The smallest absolute Gasteiger partial charge is 0.223 e. The summed E-state index contributed by atoms with van der Waals surface area (Å²) in [5, 5.41) is 11.3. The molecule has 3 aromatic heterocycles. The van der Waals surface area contributed by atoms with E-state index in [1.165, 1.54) is 0 Å². The van der Waals surface area contributed by atoms with Crippen LogP contribution >= 0.6 is 0 Å². The molecule has 118 valence electrons. The summed E-state index contributed by atoms with van der Waals surface area (Å²) in [6.45, 7) is 5.96. The molecule has 3 rings (SSSR count). The van der Waals surface area contributed by atoms with Gasteiger partial charge in [0.05, 0.1) is 11.7 Å². The average Bonchev–Trinajstić information content (AvgIpc) is 2.94. The number of aromatic nitrogens is 6. The van der Waals surface area contributed by atoms with Gasteiger partial charge in [-0.15, -0.1) is 10.2 Å². The molecule has 0 saturated carbocycles. The molecular formula is C16H19N7. The molecule has 3 heterocycles. The molecule has 0 saturated heterocycles. The Bertz CT molecular complexity index is 825. The first-order valence-electron chi connectivity index (χ1n) is 7.42. The maximum atomic E-state index is 4.59. The fraction of sp³-hybridized carbons (Fsp3) is 0.312. The summed E-state index contributed by atoms with van der Waals surface area (Å²) >= 11 is 0. The van der Waals surface area contributed by atoms with Crippen molar-refractivity contribution in [2.75, 3.05) is 5.32 Å². The lowest BCUT2D eigenvalue weighted by atomic mass is 10.1. The number of rotatable bonds is 4. The number of nitrogens with zero attached hydrogens (tertiary/aromatic N) is 6. The van der Waals surface area contributed by atoms with Gasteiger partial charge in [0.1, 0.15) is 6.33 Å². The molecule has 0 aliphatic heterocycles. The minimum atomic E-state index is -0.0463. The number of anilines is 1. The number of hydrogen-bond donors (Lipinski definition) is 1. The molecule has 0 radical (unpaired) electrons. The molecule has 7 nitrogen and oxygen atoms in total. The van der Waals surface area contributed by atoms with Crippen molar-refractivity contribution < 1.29 is 0 Å². The van der Waals surface area contributed by atoms with Gasteiger partial charge in [-0.05, 0) is 39.0 Å². The molecule has 1 N–H and O–H groups in total. The molecule has 0 aromatic carbocycles. The van der Waals surface area contributed by atoms with Crippen LogP contribution in [-0.4, -0.2) is 29.7 Å². The van der Waals surface area contributed by atoms with Crippen molar-refractivity contribution in [3.05, 3.63) is 47.9 Å². The van der Waals surface area contributed by atoms with Crippen molar-refractivity contribution in [1.82, 2.24) is 29.7 Å². The Hall–Kier alpha value is -2.83. The van der Waals surface area contributed by atoms with Crippen LogP contribution in [0.5, 0.6) is 0 Å². The van der Waals surface area contributed by atoms with Gasteiger partial charge in [0.15, 0.2) is 5.82 Å². The second kappa shape index (κ2) is 6.12. The zero-order chi connectivity index (χ0) is 16.4. The van der Waals surface area contributed by atoms with Gasteiger partial charge >= 0.3 is 0 Å². The van der Waals surface area contributed by atoms with Crippen molar-refractivity contribution in [2.45, 2.75) is 26.8 Å². The Morgan fingerprint density at radius 3 is 2.65 bits per heavy atom. The van der Waals surface area contributed by atoms with Crippen LogP contribution in [0.1, 0.15) is 30.2 Å². The first-order valence-corrected chi connectivity index (χ1v) is 7.42. The summed E-state index contributed by atoms with van der Waals surface area (Å²) in [5.74, 6) is 1.38. The second-order valence-electron chi connectivity index (χ2n) is 5.52. The average molecular weight is 309 g/mol. The molecule has 0 spiro atoms. The van der Waals surface area contributed by atoms with E-state index in [-0.39, 0.29) is 6.04 Å². The fourth-order valence-corrected chi connectivity index (χ4v) is 2.48. The lowest BCUT2D eigenvalue weighted by molar-refractivity contribution is 0.713. The highest BCUT2D eigenvalue weighted by atomic mass is 15.3. The Balaban J connectivity index is 1.87. The standard InChI is InChI=1S/C16H19N7/c1-10-5-6-13(11(2)19-10)14-7-8-17-16(21-14)20-12(3)15-22-18-9-23(15)4/h5-9,12H,1-4H3,(H,17,20,21). The highest BCUT2D eigenvalue weighted by molar-refractivity contribution is 5.62. The molecule has 7 heteroatoms. The molecule has 0 fully saturated rings. The topological polar surface area (TPSA) is 81.4 Å². The van der Waals surface area contributed by atoms with Crippen molar-refractivity contribution in [2.24, 2.45) is 7.05 Å². The van der Waals surface area contributed by atoms with E-state index in [0.717, 1.165) is 28.5 Å². The number of nitrogens with one attached hydrogen (secondary N) is 1. The van der Waals surface area contributed by atoms with Crippen LogP contribution in [0.15, 0.2) is 30.7 Å². The highest BCUT2D eigenvalue weighted by Crippen LogP contribution is 2.22. The van der Waals surface area contributed by atoms with Crippen LogP contribution in [0.3, 0.4) is 0 Å². The van der Waals surface area contributed by atoms with Gasteiger partial charge in [-0.1, -0.05) is 0 Å². The summed E-state index contributed by atoms with van der Waals surface area (Å²) in [6.07, 6.45) is 3.42. The van der Waals surface area contributed by atoms with Crippen molar-refractivity contribution in [3.63, 3.8) is 0 Å². The third kappa shape index (κ3) is 3.18. The van der Waals surface area contributed by atoms with Crippen LogP contribution in [0.2, 0.25) is 0 Å². The summed E-state index contributed by atoms with van der Waals surface area (Å²) in [7, 11) is 1.91. The van der Waals surface area contributed by atoms with E-state index in [1.807, 2.05) is 50.6 Å². The van der Waals surface area contributed by atoms with Gasteiger partial charge < -0.3 is 9.88 Å². The summed E-state index contributed by atoms with van der Waals surface area (Å²) in [5.41, 5.74) is 3.80. The monoisotopic (exact) mass is 309 g/mol. The molecule has 3 aromatic rings. The van der Waals surface area contributed by atoms with Crippen LogP contribution in [0.4, 0.5) is 5.95 Å². The third-order valence-electron chi connectivity index (χ3n) is 3.64. The lowest BCUT2D eigenvalue weighted by Crippen LogP contribution is -2.14. The first kappa shape index (κ1) is 15.1. The van der Waals surface area contributed by atoms with E-state index in [4.69, 9.17) is 0 Å². The quantitative estimate of drug-likeness (QED) is 0.797. The SMILES string of the molecule is Cc1ccc(-c2ccnc(NC(C)c3nncn3C)n2)c(C)n1. The van der Waals surface area contributed by atoms with E-state index in [0.29, 0.717) is 5.95 Å². The van der Waals surface area contributed by atoms with E-state index in [9.17, 15) is 0 Å². The molecule has 0 bridgehead atoms. The highest BCUT2D eigenvalue weighted by Gasteiger charge is 2.13. The zero-order valence-electron chi connectivity index (χ0n) is 13.6. The van der Waals surface area contributed by atoms with Crippen LogP contribution < -0.4 is 5.32 Å².